The number of halogens is 1. The largest absolute Gasteiger partial charge is 0.345 e. The van der Waals surface area contributed by atoms with Crippen LogP contribution in [0.1, 0.15) is 40.9 Å². The number of sulfonamides is 1. The van der Waals surface area contributed by atoms with Gasteiger partial charge in [0.15, 0.2) is 0 Å². The van der Waals surface area contributed by atoms with Crippen LogP contribution in [-0.4, -0.2) is 14.3 Å². The molecule has 0 aliphatic carbocycles. The SMILES string of the molecule is CCC(NC(=O)c1ccc(NS(=O)(=O)c2ccc(Cl)cc2)cc1)c1ccc(C)cc1. The summed E-state index contributed by atoms with van der Waals surface area (Å²) in [5.41, 5.74) is 3.03. The second-order valence-electron chi connectivity index (χ2n) is 6.98. The molecule has 3 aromatic carbocycles. The molecule has 0 heterocycles. The number of aryl methyl sites for hydroxylation is 1. The minimum atomic E-state index is -3.73. The summed E-state index contributed by atoms with van der Waals surface area (Å²) in [7, 11) is -3.73. The Bertz CT molecular complexity index is 1110. The van der Waals surface area contributed by atoms with E-state index >= 15 is 0 Å². The van der Waals surface area contributed by atoms with Crippen molar-refractivity contribution in [3.63, 3.8) is 0 Å². The molecular weight excluding hydrogens is 420 g/mol. The van der Waals surface area contributed by atoms with Crippen LogP contribution < -0.4 is 10.0 Å². The molecule has 0 saturated carbocycles. The van der Waals surface area contributed by atoms with E-state index in [2.05, 4.69) is 10.0 Å². The third-order valence-electron chi connectivity index (χ3n) is 4.72. The molecule has 0 aromatic heterocycles. The minimum Gasteiger partial charge on any atom is -0.345 e. The number of nitrogens with one attached hydrogen (secondary N) is 2. The van der Waals surface area contributed by atoms with Crippen LogP contribution in [0.2, 0.25) is 5.02 Å². The standard InChI is InChI=1S/C23H23ClN2O3S/c1-3-22(17-6-4-16(2)5-7-17)25-23(27)18-8-12-20(13-9-18)26-30(28,29)21-14-10-19(24)11-15-21/h4-15,22,26H,3H2,1-2H3,(H,25,27). The predicted octanol–water partition coefficient (Wildman–Crippen LogP) is 5.33. The smallest absolute Gasteiger partial charge is 0.261 e. The van der Waals surface area contributed by atoms with E-state index in [1.807, 2.05) is 38.1 Å². The summed E-state index contributed by atoms with van der Waals surface area (Å²) in [5, 5.41) is 3.49. The Balaban J connectivity index is 1.69. The molecule has 1 atom stereocenters. The van der Waals surface area contributed by atoms with Gasteiger partial charge in [0.1, 0.15) is 0 Å². The molecule has 2 N–H and O–H groups in total. The number of anilines is 1. The van der Waals surface area contributed by atoms with Crippen molar-refractivity contribution in [1.82, 2.24) is 5.32 Å². The van der Waals surface area contributed by atoms with Gasteiger partial charge < -0.3 is 5.32 Å². The van der Waals surface area contributed by atoms with Gasteiger partial charge in [-0.2, -0.15) is 0 Å². The van der Waals surface area contributed by atoms with Crippen LogP contribution in [-0.2, 0) is 10.0 Å². The van der Waals surface area contributed by atoms with Gasteiger partial charge in [0.05, 0.1) is 10.9 Å². The summed E-state index contributed by atoms with van der Waals surface area (Å²) in [4.78, 5) is 12.8. The number of carbonyl (C=O) groups excluding carboxylic acids is 1. The van der Waals surface area contributed by atoms with Crippen molar-refractivity contribution >= 4 is 33.2 Å². The van der Waals surface area contributed by atoms with E-state index in [1.165, 1.54) is 24.3 Å². The molecule has 3 aromatic rings. The van der Waals surface area contributed by atoms with E-state index in [-0.39, 0.29) is 16.8 Å². The fourth-order valence-electron chi connectivity index (χ4n) is 2.98. The summed E-state index contributed by atoms with van der Waals surface area (Å²) in [6.45, 7) is 4.03. The maximum absolute atomic E-state index is 12.6. The van der Waals surface area contributed by atoms with Gasteiger partial charge >= 0.3 is 0 Å². The van der Waals surface area contributed by atoms with Gasteiger partial charge in [0.25, 0.3) is 15.9 Å². The molecule has 0 fully saturated rings. The maximum Gasteiger partial charge on any atom is 0.261 e. The Hall–Kier alpha value is -2.83. The van der Waals surface area contributed by atoms with Crippen molar-refractivity contribution in [2.45, 2.75) is 31.2 Å². The lowest BCUT2D eigenvalue weighted by Gasteiger charge is -2.18. The molecule has 3 rings (SSSR count). The van der Waals surface area contributed by atoms with E-state index < -0.39 is 10.0 Å². The van der Waals surface area contributed by atoms with Gasteiger partial charge in [0.2, 0.25) is 0 Å². The van der Waals surface area contributed by atoms with E-state index in [4.69, 9.17) is 11.6 Å². The zero-order chi connectivity index (χ0) is 21.7. The van der Waals surface area contributed by atoms with Crippen LogP contribution in [0.3, 0.4) is 0 Å². The molecule has 156 valence electrons. The van der Waals surface area contributed by atoms with Crippen LogP contribution in [0.15, 0.2) is 77.7 Å². The van der Waals surface area contributed by atoms with Crippen LogP contribution in [0.4, 0.5) is 5.69 Å². The quantitative estimate of drug-likeness (QED) is 0.519. The fraction of sp³-hybridized carbons (Fsp3) is 0.174. The third-order valence-corrected chi connectivity index (χ3v) is 6.37. The first-order valence-electron chi connectivity index (χ1n) is 9.54. The van der Waals surface area contributed by atoms with Crippen LogP contribution in [0, 0.1) is 6.92 Å². The van der Waals surface area contributed by atoms with Crippen molar-refractivity contribution < 1.29 is 13.2 Å². The summed E-state index contributed by atoms with van der Waals surface area (Å²) >= 11 is 5.81. The average molecular weight is 443 g/mol. The van der Waals surface area contributed by atoms with Crippen LogP contribution in [0.25, 0.3) is 0 Å². The second-order valence-corrected chi connectivity index (χ2v) is 9.10. The van der Waals surface area contributed by atoms with Gasteiger partial charge in [-0.15, -0.1) is 0 Å². The number of hydrogen-bond donors (Lipinski definition) is 2. The number of amides is 1. The molecule has 0 radical (unpaired) electrons. The number of hydrogen-bond acceptors (Lipinski definition) is 3. The highest BCUT2D eigenvalue weighted by Crippen LogP contribution is 2.20. The molecule has 0 aliphatic rings. The summed E-state index contributed by atoms with van der Waals surface area (Å²) < 4.78 is 27.4. The van der Waals surface area contributed by atoms with Crippen molar-refractivity contribution in [2.75, 3.05) is 4.72 Å². The summed E-state index contributed by atoms with van der Waals surface area (Å²) in [6.07, 6.45) is 0.758. The van der Waals surface area contributed by atoms with Crippen molar-refractivity contribution in [3.05, 3.63) is 94.5 Å². The Morgan fingerprint density at radius 2 is 1.53 bits per heavy atom. The number of rotatable bonds is 7. The molecule has 1 unspecified atom stereocenters. The average Bonchev–Trinajstić information content (AvgIpc) is 2.73. The van der Waals surface area contributed by atoms with E-state index in [1.54, 1.807) is 24.3 Å². The number of carbonyl (C=O) groups is 1. The lowest BCUT2D eigenvalue weighted by Crippen LogP contribution is -2.28. The van der Waals surface area contributed by atoms with E-state index in [0.29, 0.717) is 16.3 Å². The Kier molecular flexibility index (Phi) is 6.80. The molecule has 0 bridgehead atoms. The normalized spacial score (nSPS) is 12.2. The molecule has 30 heavy (non-hydrogen) atoms. The van der Waals surface area contributed by atoms with Gasteiger partial charge in [0, 0.05) is 16.3 Å². The first-order valence-corrected chi connectivity index (χ1v) is 11.4. The lowest BCUT2D eigenvalue weighted by molar-refractivity contribution is 0.0935. The Morgan fingerprint density at radius 1 is 0.933 bits per heavy atom. The maximum atomic E-state index is 12.6. The Labute approximate surface area is 182 Å². The highest BCUT2D eigenvalue weighted by molar-refractivity contribution is 7.92. The molecule has 5 nitrogen and oxygen atoms in total. The fourth-order valence-corrected chi connectivity index (χ4v) is 4.16. The van der Waals surface area contributed by atoms with Crippen LogP contribution >= 0.6 is 11.6 Å². The predicted molar refractivity (Wildman–Crippen MR) is 120 cm³/mol. The lowest BCUT2D eigenvalue weighted by atomic mass is 10.0. The van der Waals surface area contributed by atoms with Crippen molar-refractivity contribution in [2.24, 2.45) is 0 Å². The summed E-state index contributed by atoms with van der Waals surface area (Å²) in [6, 6.07) is 20.2. The van der Waals surface area contributed by atoms with Crippen molar-refractivity contribution in [3.8, 4) is 0 Å². The topological polar surface area (TPSA) is 75.3 Å². The third kappa shape index (κ3) is 5.40. The summed E-state index contributed by atoms with van der Waals surface area (Å²) in [5.74, 6) is -0.213. The molecule has 0 spiro atoms. The molecule has 0 saturated heterocycles. The first-order chi connectivity index (χ1) is 14.3. The zero-order valence-corrected chi connectivity index (χ0v) is 18.3. The monoisotopic (exact) mass is 442 g/mol. The van der Waals surface area contributed by atoms with Gasteiger partial charge in [-0.3, -0.25) is 9.52 Å². The van der Waals surface area contributed by atoms with E-state index in [0.717, 1.165) is 17.5 Å². The zero-order valence-electron chi connectivity index (χ0n) is 16.7. The van der Waals surface area contributed by atoms with E-state index in [9.17, 15) is 13.2 Å². The second kappa shape index (κ2) is 9.32. The molecular formula is C23H23ClN2O3S. The minimum absolute atomic E-state index is 0.0961. The molecule has 7 heteroatoms. The van der Waals surface area contributed by atoms with Gasteiger partial charge in [-0.05, 0) is 67.4 Å². The highest BCUT2D eigenvalue weighted by Gasteiger charge is 2.16. The molecule has 0 aliphatic heterocycles. The Morgan fingerprint density at radius 3 is 2.10 bits per heavy atom. The first kappa shape index (κ1) is 21.9. The van der Waals surface area contributed by atoms with Gasteiger partial charge in [-0.25, -0.2) is 8.42 Å². The number of benzene rings is 3. The van der Waals surface area contributed by atoms with Crippen LogP contribution in [0.5, 0.6) is 0 Å². The molecule has 1 amide bonds. The van der Waals surface area contributed by atoms with Crippen molar-refractivity contribution in [1.29, 1.82) is 0 Å². The van der Waals surface area contributed by atoms with Gasteiger partial charge in [-0.1, -0.05) is 48.4 Å². The highest BCUT2D eigenvalue weighted by atomic mass is 35.5.